The highest BCUT2D eigenvalue weighted by molar-refractivity contribution is 6.35. The second-order valence-corrected chi connectivity index (χ2v) is 6.46. The van der Waals surface area contributed by atoms with E-state index in [4.69, 9.17) is 16.3 Å². The molecule has 0 saturated heterocycles. The number of methoxy groups -OCH3 is 1. The Morgan fingerprint density at radius 1 is 1.07 bits per heavy atom. The molecule has 0 heterocycles. The average molecular weight is 417 g/mol. The zero-order valence-corrected chi connectivity index (χ0v) is 16.7. The lowest BCUT2D eigenvalue weighted by Gasteiger charge is -2.10. The first kappa shape index (κ1) is 21.9. The fraction of sp³-hybridized carbons (Fsp3) is 0.200. The van der Waals surface area contributed by atoms with Crippen molar-refractivity contribution in [2.24, 2.45) is 5.10 Å². The molecular weight excluding hydrogens is 396 g/mol. The number of carbonyl (C=O) groups is 3. The number of hydrogen-bond donors (Lipinski definition) is 3. The van der Waals surface area contributed by atoms with Crippen molar-refractivity contribution in [3.8, 4) is 5.75 Å². The third kappa shape index (κ3) is 7.27. The molecule has 9 heteroatoms. The third-order valence-corrected chi connectivity index (χ3v) is 3.94. The van der Waals surface area contributed by atoms with E-state index in [0.717, 1.165) is 5.56 Å². The van der Waals surface area contributed by atoms with E-state index >= 15 is 0 Å². The molecule has 0 unspecified atom stereocenters. The summed E-state index contributed by atoms with van der Waals surface area (Å²) in [5.41, 5.74) is 3.72. The number of halogens is 1. The van der Waals surface area contributed by atoms with Gasteiger partial charge in [-0.2, -0.15) is 5.10 Å². The first-order valence-corrected chi connectivity index (χ1v) is 9.05. The summed E-state index contributed by atoms with van der Waals surface area (Å²) in [6.45, 7) is 1.77. The molecule has 0 saturated carbocycles. The summed E-state index contributed by atoms with van der Waals surface area (Å²) in [5, 5.41) is 9.37. The van der Waals surface area contributed by atoms with Crippen molar-refractivity contribution in [2.45, 2.75) is 19.9 Å². The Balaban J connectivity index is 1.82. The van der Waals surface area contributed by atoms with Crippen molar-refractivity contribution in [1.82, 2.24) is 10.7 Å². The van der Waals surface area contributed by atoms with Crippen LogP contribution >= 0.6 is 11.6 Å². The number of nitrogens with one attached hydrogen (secondary N) is 3. The average Bonchev–Trinajstić information content (AvgIpc) is 2.71. The number of rotatable bonds is 7. The van der Waals surface area contributed by atoms with Crippen LogP contribution in [0.25, 0.3) is 0 Å². The molecule has 0 aliphatic rings. The van der Waals surface area contributed by atoms with Crippen molar-refractivity contribution in [3.63, 3.8) is 0 Å². The third-order valence-electron chi connectivity index (χ3n) is 3.70. The number of amides is 3. The maximum absolute atomic E-state index is 12.2. The van der Waals surface area contributed by atoms with Gasteiger partial charge in [0.2, 0.25) is 5.91 Å². The molecule has 0 radical (unpaired) electrons. The lowest BCUT2D eigenvalue weighted by molar-refractivity contribution is -0.139. The van der Waals surface area contributed by atoms with Gasteiger partial charge in [-0.25, -0.2) is 5.43 Å². The summed E-state index contributed by atoms with van der Waals surface area (Å²) in [6, 6.07) is 14.0. The van der Waals surface area contributed by atoms with Crippen LogP contribution in [-0.4, -0.2) is 30.5 Å². The Bertz CT molecular complexity index is 916. The molecule has 3 amide bonds. The van der Waals surface area contributed by atoms with Crippen LogP contribution in [-0.2, 0) is 20.9 Å². The Hall–Kier alpha value is -3.39. The molecule has 0 spiro atoms. The van der Waals surface area contributed by atoms with Gasteiger partial charge in [-0.1, -0.05) is 41.9 Å². The number of anilines is 1. The summed E-state index contributed by atoms with van der Waals surface area (Å²) < 4.78 is 5.16. The minimum absolute atomic E-state index is 0.0957. The number of ether oxygens (including phenoxy) is 1. The molecule has 2 aromatic carbocycles. The lowest BCUT2D eigenvalue weighted by Crippen LogP contribution is -2.37. The van der Waals surface area contributed by atoms with Gasteiger partial charge in [0.25, 0.3) is 0 Å². The number of hydrogen-bond acceptors (Lipinski definition) is 5. The fourth-order valence-corrected chi connectivity index (χ4v) is 2.47. The molecule has 0 aliphatic heterocycles. The van der Waals surface area contributed by atoms with E-state index in [1.807, 2.05) is 30.3 Å². The van der Waals surface area contributed by atoms with Gasteiger partial charge in [0.05, 0.1) is 19.2 Å². The van der Waals surface area contributed by atoms with E-state index in [1.165, 1.54) is 7.11 Å². The number of hydrazone groups is 1. The standard InChI is InChI=1S/C20H21ClN4O4/c1-13(10-18(26)23-16-11-15(21)8-9-17(16)29-2)24-25-20(28)19(27)22-12-14-6-4-3-5-7-14/h3-9,11H,10,12H2,1-2H3,(H,22,27)(H,23,26)(H,25,28)/b24-13-. The predicted octanol–water partition coefficient (Wildman–Crippen LogP) is 2.49. The molecule has 152 valence electrons. The molecule has 0 fully saturated rings. The normalized spacial score (nSPS) is 10.8. The molecule has 3 N–H and O–H groups in total. The SMILES string of the molecule is COc1ccc(Cl)cc1NC(=O)C/C(C)=N\NC(=O)C(=O)NCc1ccccc1. The van der Waals surface area contributed by atoms with E-state index in [1.54, 1.807) is 25.1 Å². The smallest absolute Gasteiger partial charge is 0.329 e. The molecule has 0 aliphatic carbocycles. The van der Waals surface area contributed by atoms with Crippen molar-refractivity contribution in [3.05, 3.63) is 59.1 Å². The van der Waals surface area contributed by atoms with Crippen LogP contribution in [0, 0.1) is 0 Å². The summed E-state index contributed by atoms with van der Waals surface area (Å²) >= 11 is 5.93. The lowest BCUT2D eigenvalue weighted by atomic mass is 10.2. The molecule has 8 nitrogen and oxygen atoms in total. The van der Waals surface area contributed by atoms with Crippen LogP contribution in [0.1, 0.15) is 18.9 Å². The summed E-state index contributed by atoms with van der Waals surface area (Å²) in [6.07, 6.45) is -0.0957. The van der Waals surface area contributed by atoms with Crippen molar-refractivity contribution in [1.29, 1.82) is 0 Å². The molecule has 29 heavy (non-hydrogen) atoms. The van der Waals surface area contributed by atoms with Crippen LogP contribution in [0.5, 0.6) is 5.75 Å². The predicted molar refractivity (Wildman–Crippen MR) is 111 cm³/mol. The van der Waals surface area contributed by atoms with E-state index in [0.29, 0.717) is 22.2 Å². The minimum atomic E-state index is -0.919. The number of nitrogens with zero attached hydrogens (tertiary/aromatic N) is 1. The molecule has 2 aromatic rings. The van der Waals surface area contributed by atoms with Gasteiger partial charge in [-0.3, -0.25) is 14.4 Å². The largest absolute Gasteiger partial charge is 0.495 e. The Morgan fingerprint density at radius 3 is 2.48 bits per heavy atom. The van der Waals surface area contributed by atoms with Crippen molar-refractivity contribution in [2.75, 3.05) is 12.4 Å². The summed E-state index contributed by atoms with van der Waals surface area (Å²) in [4.78, 5) is 35.8. The van der Waals surface area contributed by atoms with Gasteiger partial charge in [0.1, 0.15) is 5.75 Å². The highest BCUT2D eigenvalue weighted by Crippen LogP contribution is 2.27. The Kier molecular flexibility index (Phi) is 8.17. The van der Waals surface area contributed by atoms with E-state index in [-0.39, 0.29) is 18.9 Å². The number of benzene rings is 2. The highest BCUT2D eigenvalue weighted by atomic mass is 35.5. The zero-order chi connectivity index (χ0) is 21.2. The molecule has 0 atom stereocenters. The molecular formula is C20H21ClN4O4. The monoisotopic (exact) mass is 416 g/mol. The summed E-state index contributed by atoms with van der Waals surface area (Å²) in [5.74, 6) is -1.66. The first-order valence-electron chi connectivity index (χ1n) is 8.67. The first-order chi connectivity index (χ1) is 13.9. The van der Waals surface area contributed by atoms with E-state index < -0.39 is 11.8 Å². The molecule has 0 bridgehead atoms. The van der Waals surface area contributed by atoms with Crippen LogP contribution < -0.4 is 20.8 Å². The molecule has 2 rings (SSSR count). The van der Waals surface area contributed by atoms with Crippen LogP contribution in [0.2, 0.25) is 5.02 Å². The van der Waals surface area contributed by atoms with Crippen molar-refractivity contribution < 1.29 is 19.1 Å². The van der Waals surface area contributed by atoms with Gasteiger partial charge < -0.3 is 15.4 Å². The van der Waals surface area contributed by atoms with Crippen LogP contribution in [0.4, 0.5) is 5.69 Å². The highest BCUT2D eigenvalue weighted by Gasteiger charge is 2.13. The van der Waals surface area contributed by atoms with Crippen LogP contribution in [0.3, 0.4) is 0 Å². The van der Waals surface area contributed by atoms with Gasteiger partial charge in [0, 0.05) is 17.3 Å². The maximum Gasteiger partial charge on any atom is 0.329 e. The van der Waals surface area contributed by atoms with E-state index in [2.05, 4.69) is 21.2 Å². The Labute approximate surface area is 173 Å². The van der Waals surface area contributed by atoms with E-state index in [9.17, 15) is 14.4 Å². The molecule has 0 aromatic heterocycles. The maximum atomic E-state index is 12.2. The minimum Gasteiger partial charge on any atom is -0.495 e. The van der Waals surface area contributed by atoms with Crippen molar-refractivity contribution >= 4 is 40.7 Å². The van der Waals surface area contributed by atoms with Gasteiger partial charge >= 0.3 is 11.8 Å². The Morgan fingerprint density at radius 2 is 1.79 bits per heavy atom. The van der Waals surface area contributed by atoms with Gasteiger partial charge in [-0.05, 0) is 30.7 Å². The van der Waals surface area contributed by atoms with Gasteiger partial charge in [-0.15, -0.1) is 0 Å². The van der Waals surface area contributed by atoms with Gasteiger partial charge in [0.15, 0.2) is 0 Å². The van der Waals surface area contributed by atoms with Crippen LogP contribution in [0.15, 0.2) is 53.6 Å². The second kappa shape index (κ2) is 10.8. The number of carbonyl (C=O) groups excluding carboxylic acids is 3. The zero-order valence-electron chi connectivity index (χ0n) is 16.0. The topological polar surface area (TPSA) is 109 Å². The quantitative estimate of drug-likeness (QED) is 0.366. The summed E-state index contributed by atoms with van der Waals surface area (Å²) in [7, 11) is 1.48. The fourth-order valence-electron chi connectivity index (χ4n) is 2.30. The second-order valence-electron chi connectivity index (χ2n) is 6.03.